The van der Waals surface area contributed by atoms with Crippen molar-refractivity contribution in [2.45, 2.75) is 45.8 Å². The topological polar surface area (TPSA) is 67.8 Å². The van der Waals surface area contributed by atoms with E-state index in [0.717, 1.165) is 44.2 Å². The van der Waals surface area contributed by atoms with E-state index in [2.05, 4.69) is 4.99 Å². The van der Waals surface area contributed by atoms with Crippen LogP contribution in [0.5, 0.6) is 0 Å². The lowest BCUT2D eigenvalue weighted by Gasteiger charge is -2.32. The van der Waals surface area contributed by atoms with Gasteiger partial charge in [0.15, 0.2) is 5.84 Å². The molecule has 1 aliphatic rings. The first kappa shape index (κ1) is 21.6. The summed E-state index contributed by atoms with van der Waals surface area (Å²) in [5.74, 6) is 0.200. The number of aliphatic imine (C=N–C) groups is 1. The summed E-state index contributed by atoms with van der Waals surface area (Å²) in [6.45, 7) is 10.1. The number of benzene rings is 3. The smallest absolute Gasteiger partial charge is 0.456 e. The second-order valence-corrected chi connectivity index (χ2v) is 9.54. The normalized spacial score (nSPS) is 17.7. The Hall–Kier alpha value is -3.22. The van der Waals surface area contributed by atoms with Crippen molar-refractivity contribution in [1.29, 1.82) is 5.41 Å². The third-order valence-corrected chi connectivity index (χ3v) is 6.77. The van der Waals surface area contributed by atoms with Gasteiger partial charge in [-0.3, -0.25) is 5.41 Å². The van der Waals surface area contributed by atoms with Gasteiger partial charge in [0.25, 0.3) is 0 Å². The molecule has 0 atom stereocenters. The van der Waals surface area contributed by atoms with Crippen LogP contribution < -0.4 is 5.46 Å². The molecule has 1 aromatic heterocycles. The van der Waals surface area contributed by atoms with Crippen LogP contribution in [0, 0.1) is 5.41 Å². The van der Waals surface area contributed by atoms with Crippen LogP contribution >= 0.6 is 0 Å². The van der Waals surface area contributed by atoms with Gasteiger partial charge in [-0.2, -0.15) is 0 Å². The Balaban J connectivity index is 1.59. The first-order chi connectivity index (χ1) is 15.7. The minimum absolute atomic E-state index is 0.200. The molecular formula is C27H27BN2O3. The highest BCUT2D eigenvalue weighted by atomic mass is 16.7. The summed E-state index contributed by atoms with van der Waals surface area (Å²) < 4.78 is 18.6. The van der Waals surface area contributed by atoms with Crippen LogP contribution in [0.2, 0.25) is 0 Å². The Bertz CT molecular complexity index is 1390. The molecule has 2 heterocycles. The van der Waals surface area contributed by atoms with Gasteiger partial charge in [-0.1, -0.05) is 54.6 Å². The molecule has 0 amide bonds. The van der Waals surface area contributed by atoms with Crippen LogP contribution in [-0.2, 0) is 9.31 Å². The molecule has 166 valence electrons. The number of furan rings is 1. The van der Waals surface area contributed by atoms with E-state index < -0.39 is 18.3 Å². The van der Waals surface area contributed by atoms with Gasteiger partial charge >= 0.3 is 7.12 Å². The van der Waals surface area contributed by atoms with Gasteiger partial charge in [0.2, 0.25) is 0 Å². The Morgan fingerprint density at radius 2 is 1.55 bits per heavy atom. The third kappa shape index (κ3) is 3.69. The quantitative estimate of drug-likeness (QED) is 0.253. The zero-order valence-corrected chi connectivity index (χ0v) is 19.6. The fourth-order valence-electron chi connectivity index (χ4n) is 4.14. The van der Waals surface area contributed by atoms with E-state index in [4.69, 9.17) is 19.1 Å². The van der Waals surface area contributed by atoms with E-state index in [1.165, 1.54) is 0 Å². The van der Waals surface area contributed by atoms with Gasteiger partial charge in [0.1, 0.15) is 11.2 Å². The monoisotopic (exact) mass is 438 g/mol. The van der Waals surface area contributed by atoms with Crippen molar-refractivity contribution in [1.82, 2.24) is 0 Å². The van der Waals surface area contributed by atoms with E-state index in [1.54, 1.807) is 0 Å². The molecule has 0 bridgehead atoms. The average molecular weight is 438 g/mol. The number of nitrogens with zero attached hydrogens (tertiary/aromatic N) is 1. The van der Waals surface area contributed by atoms with Crippen molar-refractivity contribution >= 4 is 46.1 Å². The first-order valence-corrected chi connectivity index (χ1v) is 11.2. The molecule has 0 radical (unpaired) electrons. The van der Waals surface area contributed by atoms with Crippen LogP contribution in [-0.4, -0.2) is 29.9 Å². The van der Waals surface area contributed by atoms with Crippen molar-refractivity contribution in [3.8, 4) is 0 Å². The van der Waals surface area contributed by atoms with Gasteiger partial charge in [0, 0.05) is 22.0 Å². The molecule has 1 N–H and O–H groups in total. The summed E-state index contributed by atoms with van der Waals surface area (Å²) in [4.78, 5) is 4.60. The molecule has 3 aromatic carbocycles. The van der Waals surface area contributed by atoms with Crippen LogP contribution in [0.4, 0.5) is 0 Å². The molecule has 6 heteroatoms. The fourth-order valence-corrected chi connectivity index (χ4v) is 4.14. The van der Waals surface area contributed by atoms with Gasteiger partial charge in [-0.15, -0.1) is 0 Å². The van der Waals surface area contributed by atoms with E-state index in [-0.39, 0.29) is 5.84 Å². The molecule has 0 saturated carbocycles. The zero-order valence-electron chi connectivity index (χ0n) is 19.6. The number of hydrogen-bond acceptors (Lipinski definition) is 4. The summed E-state index contributed by atoms with van der Waals surface area (Å²) in [6.07, 6.45) is 0. The van der Waals surface area contributed by atoms with E-state index in [0.29, 0.717) is 0 Å². The lowest BCUT2D eigenvalue weighted by molar-refractivity contribution is 0.00578. The highest BCUT2D eigenvalue weighted by molar-refractivity contribution is 6.62. The maximum atomic E-state index is 8.75. The van der Waals surface area contributed by atoms with Crippen molar-refractivity contribution in [3.63, 3.8) is 0 Å². The van der Waals surface area contributed by atoms with Gasteiger partial charge in [-0.25, -0.2) is 4.99 Å². The lowest BCUT2D eigenvalue weighted by Crippen LogP contribution is -2.41. The lowest BCUT2D eigenvalue weighted by atomic mass is 9.78. The Labute approximate surface area is 194 Å². The molecule has 1 aliphatic heterocycles. The van der Waals surface area contributed by atoms with Crippen LogP contribution in [0.3, 0.4) is 0 Å². The molecule has 5 rings (SSSR count). The van der Waals surface area contributed by atoms with E-state index >= 15 is 0 Å². The molecule has 1 fully saturated rings. The van der Waals surface area contributed by atoms with Crippen LogP contribution in [0.1, 0.15) is 45.7 Å². The van der Waals surface area contributed by atoms with E-state index in [1.807, 2.05) is 101 Å². The maximum Gasteiger partial charge on any atom is 0.494 e. The largest absolute Gasteiger partial charge is 0.494 e. The standard InChI is InChI=1S/C27H27BN2O3/c1-17(18-10-7-6-8-11-18)30-25(29)20-12-9-13-23-24(20)21-16-19(14-15-22(21)31-23)28-32-26(2,3)27(4,5)33-28/h6-16,29H,1-5H3/b29-25?,30-17+. The van der Waals surface area contributed by atoms with Gasteiger partial charge < -0.3 is 13.7 Å². The van der Waals surface area contributed by atoms with Gasteiger partial charge in [0.05, 0.1) is 11.2 Å². The average Bonchev–Trinajstić information content (AvgIpc) is 3.26. The third-order valence-electron chi connectivity index (χ3n) is 6.77. The molecule has 0 spiro atoms. The van der Waals surface area contributed by atoms with Crippen LogP contribution in [0.15, 0.2) is 76.1 Å². The fraction of sp³-hybridized carbons (Fsp3) is 0.259. The molecule has 0 unspecified atom stereocenters. The zero-order chi connectivity index (χ0) is 23.4. The highest BCUT2D eigenvalue weighted by Crippen LogP contribution is 2.37. The van der Waals surface area contributed by atoms with Crippen molar-refractivity contribution < 1.29 is 13.7 Å². The van der Waals surface area contributed by atoms with Crippen LogP contribution in [0.25, 0.3) is 21.9 Å². The SMILES string of the molecule is C/C(=N\C(=N)c1cccc2oc3ccc(B4OC(C)(C)C(C)(C)O4)cc3c12)c1ccccc1. The summed E-state index contributed by atoms with van der Waals surface area (Å²) >= 11 is 0. The van der Waals surface area contributed by atoms with Crippen molar-refractivity contribution in [2.24, 2.45) is 4.99 Å². The minimum Gasteiger partial charge on any atom is -0.456 e. The predicted octanol–water partition coefficient (Wildman–Crippen LogP) is 5.72. The summed E-state index contributed by atoms with van der Waals surface area (Å²) in [5.41, 5.74) is 4.10. The highest BCUT2D eigenvalue weighted by Gasteiger charge is 2.51. The molecular weight excluding hydrogens is 411 g/mol. The van der Waals surface area contributed by atoms with Gasteiger partial charge in [-0.05, 0) is 57.8 Å². The predicted molar refractivity (Wildman–Crippen MR) is 135 cm³/mol. The molecule has 0 aliphatic carbocycles. The number of amidine groups is 1. The summed E-state index contributed by atoms with van der Waals surface area (Å²) in [6, 6.07) is 21.6. The molecule has 5 nitrogen and oxygen atoms in total. The molecule has 1 saturated heterocycles. The summed E-state index contributed by atoms with van der Waals surface area (Å²) in [7, 11) is -0.464. The molecule has 4 aromatic rings. The maximum absolute atomic E-state index is 8.75. The Morgan fingerprint density at radius 1 is 0.848 bits per heavy atom. The number of fused-ring (bicyclic) bond motifs is 3. The molecule has 33 heavy (non-hydrogen) atoms. The summed E-state index contributed by atoms with van der Waals surface area (Å²) in [5, 5.41) is 10.5. The second kappa shape index (κ2) is 7.68. The number of nitrogens with one attached hydrogen (secondary N) is 1. The van der Waals surface area contributed by atoms with Crippen molar-refractivity contribution in [3.05, 3.63) is 77.9 Å². The minimum atomic E-state index is -0.464. The Morgan fingerprint density at radius 3 is 2.24 bits per heavy atom. The first-order valence-electron chi connectivity index (χ1n) is 11.2. The Kier molecular flexibility index (Phi) is 5.03. The number of hydrogen-bond donors (Lipinski definition) is 1. The van der Waals surface area contributed by atoms with E-state index in [9.17, 15) is 0 Å². The number of rotatable bonds is 3. The van der Waals surface area contributed by atoms with Crippen molar-refractivity contribution in [2.75, 3.05) is 0 Å². The second-order valence-electron chi connectivity index (χ2n) is 9.54.